The van der Waals surface area contributed by atoms with Crippen LogP contribution in [0.25, 0.3) is 0 Å². The highest BCUT2D eigenvalue weighted by Gasteiger charge is 2.23. The number of benzene rings is 1. The maximum Gasteiger partial charge on any atom is 0.396 e. The third-order valence-corrected chi connectivity index (χ3v) is 3.67. The topological polar surface area (TPSA) is 67.9 Å². The SMILES string of the molecule is CO[B]NC(C)C(=O)N(CC(=O)OC)Cc1ccc(I)cc1. The summed E-state index contributed by atoms with van der Waals surface area (Å²) in [6.45, 7) is 1.94. The second-order valence-electron chi connectivity index (χ2n) is 4.64. The van der Waals surface area contributed by atoms with E-state index in [4.69, 9.17) is 4.65 Å². The fourth-order valence-corrected chi connectivity index (χ4v) is 2.12. The van der Waals surface area contributed by atoms with E-state index in [-0.39, 0.29) is 12.5 Å². The Bertz CT molecular complexity index is 498. The van der Waals surface area contributed by atoms with Gasteiger partial charge in [-0.15, -0.1) is 0 Å². The monoisotopic (exact) mass is 417 g/mol. The van der Waals surface area contributed by atoms with Crippen LogP contribution >= 0.6 is 22.6 Å². The summed E-state index contributed by atoms with van der Waals surface area (Å²) < 4.78 is 10.5. The van der Waals surface area contributed by atoms with Crippen LogP contribution in [0.5, 0.6) is 0 Å². The van der Waals surface area contributed by atoms with Crippen LogP contribution in [-0.4, -0.2) is 51.2 Å². The lowest BCUT2D eigenvalue weighted by Crippen LogP contribution is -2.47. The Labute approximate surface area is 145 Å². The van der Waals surface area contributed by atoms with Crippen LogP contribution in [0.4, 0.5) is 0 Å². The van der Waals surface area contributed by atoms with Gasteiger partial charge in [0.15, 0.2) is 0 Å². The molecule has 1 amide bonds. The number of hydrogen-bond donors (Lipinski definition) is 1. The molecule has 1 radical (unpaired) electrons. The van der Waals surface area contributed by atoms with Crippen LogP contribution in [0.1, 0.15) is 12.5 Å². The molecular formula is C14H19BIN2O4. The van der Waals surface area contributed by atoms with Crippen LogP contribution in [0.3, 0.4) is 0 Å². The molecule has 0 aromatic heterocycles. The second kappa shape index (κ2) is 9.80. The summed E-state index contributed by atoms with van der Waals surface area (Å²) in [6, 6.07) is 7.26. The molecule has 1 rings (SSSR count). The highest BCUT2D eigenvalue weighted by atomic mass is 127. The Hall–Kier alpha value is -1.13. The number of ether oxygens (including phenoxy) is 1. The van der Waals surface area contributed by atoms with E-state index in [1.165, 1.54) is 26.7 Å². The standard InChI is InChI=1S/C14H19BIN2O4/c1-10(17-15-22-3)14(20)18(9-13(19)21-2)8-11-4-6-12(16)7-5-11/h4-7,10,17H,8-9H2,1-3H3. The highest BCUT2D eigenvalue weighted by Crippen LogP contribution is 2.10. The Morgan fingerprint density at radius 2 is 1.95 bits per heavy atom. The normalized spacial score (nSPS) is 11.6. The van der Waals surface area contributed by atoms with Crippen LogP contribution in [-0.2, 0) is 25.5 Å². The number of nitrogens with one attached hydrogen (secondary N) is 1. The number of amides is 1. The van der Waals surface area contributed by atoms with Crippen LogP contribution in [0, 0.1) is 3.57 Å². The first-order valence-corrected chi connectivity index (χ1v) is 7.76. The Morgan fingerprint density at radius 1 is 1.32 bits per heavy atom. The van der Waals surface area contributed by atoms with E-state index < -0.39 is 12.0 Å². The molecule has 0 spiro atoms. The fraction of sp³-hybridized carbons (Fsp3) is 0.429. The quantitative estimate of drug-likeness (QED) is 0.388. The maximum absolute atomic E-state index is 12.5. The molecule has 0 aliphatic carbocycles. The van der Waals surface area contributed by atoms with E-state index in [1.54, 1.807) is 6.92 Å². The zero-order chi connectivity index (χ0) is 16.5. The molecule has 22 heavy (non-hydrogen) atoms. The van der Waals surface area contributed by atoms with E-state index in [2.05, 4.69) is 32.6 Å². The molecule has 0 saturated carbocycles. The molecule has 6 nitrogen and oxygen atoms in total. The number of rotatable bonds is 8. The lowest BCUT2D eigenvalue weighted by molar-refractivity contribution is -0.147. The smallest absolute Gasteiger partial charge is 0.396 e. The first-order valence-electron chi connectivity index (χ1n) is 6.68. The largest absolute Gasteiger partial charge is 0.468 e. The van der Waals surface area contributed by atoms with Crippen molar-refractivity contribution < 1.29 is 19.0 Å². The van der Waals surface area contributed by atoms with Gasteiger partial charge >= 0.3 is 13.6 Å². The predicted octanol–water partition coefficient (Wildman–Crippen LogP) is 0.951. The molecule has 0 fully saturated rings. The average molecular weight is 417 g/mol. The van der Waals surface area contributed by atoms with Crippen molar-refractivity contribution >= 4 is 42.1 Å². The van der Waals surface area contributed by atoms with Gasteiger partial charge < -0.3 is 19.5 Å². The number of halogens is 1. The van der Waals surface area contributed by atoms with E-state index in [0.717, 1.165) is 9.13 Å². The van der Waals surface area contributed by atoms with Gasteiger partial charge in [0.05, 0.1) is 13.2 Å². The number of carbonyl (C=O) groups is 2. The summed E-state index contributed by atoms with van der Waals surface area (Å²) in [5, 5.41) is 2.81. The highest BCUT2D eigenvalue weighted by molar-refractivity contribution is 14.1. The van der Waals surface area contributed by atoms with Gasteiger partial charge in [-0.1, -0.05) is 12.1 Å². The molecule has 0 bridgehead atoms. The molecule has 1 unspecified atom stereocenters. The van der Waals surface area contributed by atoms with Gasteiger partial charge in [0.1, 0.15) is 6.54 Å². The van der Waals surface area contributed by atoms with E-state index >= 15 is 0 Å². The molecule has 8 heteroatoms. The first-order chi connectivity index (χ1) is 10.5. The molecular weight excluding hydrogens is 398 g/mol. The van der Waals surface area contributed by atoms with Crippen molar-refractivity contribution in [2.45, 2.75) is 19.5 Å². The van der Waals surface area contributed by atoms with Gasteiger partial charge in [0.25, 0.3) is 0 Å². The van der Waals surface area contributed by atoms with Crippen LogP contribution in [0.2, 0.25) is 0 Å². The lowest BCUT2D eigenvalue weighted by Gasteiger charge is -2.25. The van der Waals surface area contributed by atoms with Gasteiger partial charge in [0.2, 0.25) is 5.91 Å². The van der Waals surface area contributed by atoms with E-state index in [1.807, 2.05) is 24.3 Å². The summed E-state index contributed by atoms with van der Waals surface area (Å²) in [5.74, 6) is -0.668. The first kappa shape index (κ1) is 18.9. The van der Waals surface area contributed by atoms with Gasteiger partial charge in [-0.05, 0) is 47.2 Å². The van der Waals surface area contributed by atoms with Gasteiger partial charge in [-0.2, -0.15) is 0 Å². The second-order valence-corrected chi connectivity index (χ2v) is 5.88. The summed E-state index contributed by atoms with van der Waals surface area (Å²) in [7, 11) is 4.13. The van der Waals surface area contributed by atoms with Crippen molar-refractivity contribution in [3.05, 3.63) is 33.4 Å². The molecule has 1 aromatic carbocycles. The summed E-state index contributed by atoms with van der Waals surface area (Å²) in [4.78, 5) is 25.4. The number of nitrogens with zero attached hydrogens (tertiary/aromatic N) is 1. The number of methoxy groups -OCH3 is 1. The summed E-state index contributed by atoms with van der Waals surface area (Å²) in [6.07, 6.45) is 0. The van der Waals surface area contributed by atoms with Gasteiger partial charge in [-0.25, -0.2) is 0 Å². The third-order valence-electron chi connectivity index (χ3n) is 2.95. The molecule has 0 aliphatic heterocycles. The Balaban J connectivity index is 2.80. The predicted molar refractivity (Wildman–Crippen MR) is 92.0 cm³/mol. The Morgan fingerprint density at radius 3 is 2.50 bits per heavy atom. The van der Waals surface area contributed by atoms with Crippen molar-refractivity contribution in [2.24, 2.45) is 0 Å². The minimum absolute atomic E-state index is 0.0969. The molecule has 1 atom stereocenters. The molecule has 1 N–H and O–H groups in total. The molecule has 0 heterocycles. The number of esters is 1. The molecule has 0 aliphatic rings. The fourth-order valence-electron chi connectivity index (χ4n) is 1.76. The van der Waals surface area contributed by atoms with Crippen molar-refractivity contribution in [3.8, 4) is 0 Å². The number of carbonyl (C=O) groups excluding carboxylic acids is 2. The maximum atomic E-state index is 12.5. The Kier molecular flexibility index (Phi) is 8.43. The van der Waals surface area contributed by atoms with Crippen molar-refractivity contribution in [2.75, 3.05) is 20.8 Å². The zero-order valence-electron chi connectivity index (χ0n) is 12.8. The molecule has 1 aromatic rings. The van der Waals surface area contributed by atoms with E-state index in [9.17, 15) is 9.59 Å². The van der Waals surface area contributed by atoms with Crippen molar-refractivity contribution in [1.29, 1.82) is 0 Å². The third kappa shape index (κ3) is 6.33. The summed E-state index contributed by atoms with van der Waals surface area (Å²) >= 11 is 2.21. The van der Waals surface area contributed by atoms with Gasteiger partial charge in [-0.3, -0.25) is 9.59 Å². The molecule has 0 saturated heterocycles. The van der Waals surface area contributed by atoms with Gasteiger partial charge in [0, 0.05) is 17.2 Å². The van der Waals surface area contributed by atoms with Crippen molar-refractivity contribution in [1.82, 2.24) is 10.1 Å². The minimum atomic E-state index is -0.506. The zero-order valence-corrected chi connectivity index (χ0v) is 15.0. The average Bonchev–Trinajstić information content (AvgIpc) is 2.53. The summed E-state index contributed by atoms with van der Waals surface area (Å²) in [5.41, 5.74) is 0.945. The number of hydrogen-bond acceptors (Lipinski definition) is 5. The van der Waals surface area contributed by atoms with E-state index in [0.29, 0.717) is 6.54 Å². The van der Waals surface area contributed by atoms with Crippen molar-refractivity contribution in [3.63, 3.8) is 0 Å². The van der Waals surface area contributed by atoms with Crippen LogP contribution in [0.15, 0.2) is 24.3 Å². The minimum Gasteiger partial charge on any atom is -0.468 e. The lowest BCUT2D eigenvalue weighted by atomic mass is 10.1. The van der Waals surface area contributed by atoms with Crippen LogP contribution < -0.4 is 5.23 Å². The molecule has 119 valence electrons.